The van der Waals surface area contributed by atoms with Crippen molar-refractivity contribution in [2.24, 2.45) is 0 Å². The molecule has 3 rings (SSSR count). The molecule has 2 aliphatic rings. The first-order valence-corrected chi connectivity index (χ1v) is 7.54. The average Bonchev–Trinajstić information content (AvgIpc) is 2.87. The summed E-state index contributed by atoms with van der Waals surface area (Å²) >= 11 is 0. The number of cyclic esters (lactones) is 1. The van der Waals surface area contributed by atoms with E-state index in [4.69, 9.17) is 9.84 Å². The van der Waals surface area contributed by atoms with Crippen LogP contribution in [0.1, 0.15) is 18.1 Å². The zero-order valence-corrected chi connectivity index (χ0v) is 13.2. The number of carbonyl (C=O) groups is 2. The van der Waals surface area contributed by atoms with Gasteiger partial charge in [-0.2, -0.15) is 0 Å². The molecule has 122 valence electrons. The van der Waals surface area contributed by atoms with Crippen LogP contribution in [0.4, 0.5) is 10.6 Å². The van der Waals surface area contributed by atoms with Gasteiger partial charge in [0.25, 0.3) is 0 Å². The van der Waals surface area contributed by atoms with Gasteiger partial charge in [0.15, 0.2) is 0 Å². The SMILES string of the molecule is CC1=C(c2cnc(N3CCN(C(=O)O)CC3)cc2C)COC1=O. The predicted octanol–water partition coefficient (Wildman–Crippen LogP) is 1.52. The molecule has 1 saturated heterocycles. The van der Waals surface area contributed by atoms with Crippen molar-refractivity contribution < 1.29 is 19.4 Å². The number of anilines is 1. The van der Waals surface area contributed by atoms with E-state index >= 15 is 0 Å². The molecule has 0 bridgehead atoms. The number of esters is 1. The number of hydrogen-bond acceptors (Lipinski definition) is 5. The highest BCUT2D eigenvalue weighted by atomic mass is 16.5. The number of aromatic nitrogens is 1. The number of rotatable bonds is 2. The molecule has 0 unspecified atom stereocenters. The first kappa shape index (κ1) is 15.3. The Kier molecular flexibility index (Phi) is 3.94. The maximum Gasteiger partial charge on any atom is 0.407 e. The van der Waals surface area contributed by atoms with Crippen molar-refractivity contribution in [3.05, 3.63) is 29.0 Å². The molecule has 0 spiro atoms. The second-order valence-electron chi connectivity index (χ2n) is 5.79. The molecule has 0 aliphatic carbocycles. The van der Waals surface area contributed by atoms with E-state index in [0.29, 0.717) is 38.4 Å². The summed E-state index contributed by atoms with van der Waals surface area (Å²) in [5.41, 5.74) is 3.49. The molecule has 1 N–H and O–H groups in total. The number of hydrogen-bond donors (Lipinski definition) is 1. The molecule has 0 atom stereocenters. The lowest BCUT2D eigenvalue weighted by molar-refractivity contribution is -0.135. The minimum Gasteiger partial charge on any atom is -0.465 e. The van der Waals surface area contributed by atoms with Gasteiger partial charge in [-0.25, -0.2) is 14.6 Å². The molecule has 0 radical (unpaired) electrons. The van der Waals surface area contributed by atoms with Crippen molar-refractivity contribution in [2.45, 2.75) is 13.8 Å². The summed E-state index contributed by atoms with van der Waals surface area (Å²) in [6.45, 7) is 6.25. The van der Waals surface area contributed by atoms with Crippen LogP contribution in [0.25, 0.3) is 5.57 Å². The van der Waals surface area contributed by atoms with Crippen LogP contribution in [0.5, 0.6) is 0 Å². The summed E-state index contributed by atoms with van der Waals surface area (Å²) in [5.74, 6) is 0.563. The first-order chi connectivity index (χ1) is 11.0. The Bertz CT molecular complexity index is 691. The Balaban J connectivity index is 1.78. The van der Waals surface area contributed by atoms with Crippen LogP contribution >= 0.6 is 0 Å². The molecule has 0 saturated carbocycles. The fourth-order valence-electron chi connectivity index (χ4n) is 2.91. The fraction of sp³-hybridized carbons (Fsp3) is 0.438. The second kappa shape index (κ2) is 5.91. The molecule has 1 aromatic heterocycles. The van der Waals surface area contributed by atoms with Gasteiger partial charge in [-0.1, -0.05) is 0 Å². The Hall–Kier alpha value is -2.57. The van der Waals surface area contributed by atoms with Gasteiger partial charge in [-0.3, -0.25) is 0 Å². The van der Waals surface area contributed by atoms with Crippen LogP contribution < -0.4 is 4.90 Å². The molecule has 7 nitrogen and oxygen atoms in total. The van der Waals surface area contributed by atoms with E-state index in [1.54, 1.807) is 13.1 Å². The van der Waals surface area contributed by atoms with Crippen LogP contribution in [-0.4, -0.2) is 59.8 Å². The van der Waals surface area contributed by atoms with Crippen LogP contribution in [0.3, 0.4) is 0 Å². The molecule has 0 aromatic carbocycles. The van der Waals surface area contributed by atoms with E-state index in [1.807, 2.05) is 13.0 Å². The van der Waals surface area contributed by atoms with E-state index in [0.717, 1.165) is 22.5 Å². The Morgan fingerprint density at radius 1 is 1.26 bits per heavy atom. The summed E-state index contributed by atoms with van der Waals surface area (Å²) in [7, 11) is 0. The maximum atomic E-state index is 11.5. The van der Waals surface area contributed by atoms with Gasteiger partial charge in [0.1, 0.15) is 12.4 Å². The number of carboxylic acid groups (broad SMARTS) is 1. The number of piperazine rings is 1. The molecule has 1 amide bonds. The van der Waals surface area contributed by atoms with Crippen LogP contribution in [-0.2, 0) is 9.53 Å². The van der Waals surface area contributed by atoms with Gasteiger partial charge in [0.2, 0.25) is 0 Å². The first-order valence-electron chi connectivity index (χ1n) is 7.54. The minimum absolute atomic E-state index is 0.270. The second-order valence-corrected chi connectivity index (χ2v) is 5.79. The van der Waals surface area contributed by atoms with Gasteiger partial charge in [0.05, 0.1) is 0 Å². The highest BCUT2D eigenvalue weighted by molar-refractivity contribution is 6.01. The highest BCUT2D eigenvalue weighted by Crippen LogP contribution is 2.29. The topological polar surface area (TPSA) is 83.0 Å². The molecule has 2 aliphatic heterocycles. The maximum absolute atomic E-state index is 11.5. The summed E-state index contributed by atoms with van der Waals surface area (Å²) in [4.78, 5) is 30.4. The third-order valence-corrected chi connectivity index (χ3v) is 4.40. The number of ether oxygens (including phenoxy) is 1. The lowest BCUT2D eigenvalue weighted by atomic mass is 10.0. The number of amides is 1. The Morgan fingerprint density at radius 2 is 1.96 bits per heavy atom. The number of nitrogens with zero attached hydrogens (tertiary/aromatic N) is 3. The number of pyridine rings is 1. The summed E-state index contributed by atoms with van der Waals surface area (Å²) in [6, 6.07) is 1.98. The largest absolute Gasteiger partial charge is 0.465 e. The van der Waals surface area contributed by atoms with Crippen molar-refractivity contribution in [3.8, 4) is 0 Å². The molecule has 23 heavy (non-hydrogen) atoms. The summed E-state index contributed by atoms with van der Waals surface area (Å²) in [6.07, 6.45) is 0.895. The minimum atomic E-state index is -0.877. The molecule has 7 heteroatoms. The molecule has 1 fully saturated rings. The van der Waals surface area contributed by atoms with Gasteiger partial charge in [-0.15, -0.1) is 0 Å². The van der Waals surface area contributed by atoms with E-state index in [2.05, 4.69) is 9.88 Å². The Labute approximate surface area is 134 Å². The van der Waals surface area contributed by atoms with E-state index in [9.17, 15) is 9.59 Å². The van der Waals surface area contributed by atoms with Crippen LogP contribution in [0.2, 0.25) is 0 Å². The van der Waals surface area contributed by atoms with Gasteiger partial charge >= 0.3 is 12.1 Å². The molecular weight excluding hydrogens is 298 g/mol. The van der Waals surface area contributed by atoms with Gasteiger partial charge < -0.3 is 19.6 Å². The standard InChI is InChI=1S/C16H19N3O4/c1-10-7-14(18-3-5-19(6-4-18)16(21)22)17-8-12(10)13-9-23-15(20)11(13)2/h7-8H,3-6,9H2,1-2H3,(H,21,22). The van der Waals surface area contributed by atoms with E-state index < -0.39 is 6.09 Å². The van der Waals surface area contributed by atoms with Gasteiger partial charge in [0, 0.05) is 49.1 Å². The van der Waals surface area contributed by atoms with Crippen molar-refractivity contribution in [1.29, 1.82) is 0 Å². The third-order valence-electron chi connectivity index (χ3n) is 4.40. The van der Waals surface area contributed by atoms with E-state index in [-0.39, 0.29) is 5.97 Å². The van der Waals surface area contributed by atoms with E-state index in [1.165, 1.54) is 4.90 Å². The predicted molar refractivity (Wildman–Crippen MR) is 84.3 cm³/mol. The molecular formula is C16H19N3O4. The number of carbonyl (C=O) groups excluding carboxylic acids is 1. The van der Waals surface area contributed by atoms with Crippen molar-refractivity contribution in [3.63, 3.8) is 0 Å². The smallest absolute Gasteiger partial charge is 0.407 e. The van der Waals surface area contributed by atoms with Crippen molar-refractivity contribution in [1.82, 2.24) is 9.88 Å². The number of aryl methyl sites for hydroxylation is 1. The molecule has 3 heterocycles. The lowest BCUT2D eigenvalue weighted by Gasteiger charge is -2.34. The Morgan fingerprint density at radius 3 is 2.48 bits per heavy atom. The fourth-order valence-corrected chi connectivity index (χ4v) is 2.91. The summed E-state index contributed by atoms with van der Waals surface area (Å²) in [5, 5.41) is 8.99. The van der Waals surface area contributed by atoms with Crippen molar-refractivity contribution >= 4 is 23.5 Å². The average molecular weight is 317 g/mol. The lowest BCUT2D eigenvalue weighted by Crippen LogP contribution is -2.48. The zero-order chi connectivity index (χ0) is 16.6. The highest BCUT2D eigenvalue weighted by Gasteiger charge is 2.25. The van der Waals surface area contributed by atoms with Crippen LogP contribution in [0.15, 0.2) is 17.8 Å². The monoisotopic (exact) mass is 317 g/mol. The molecule has 1 aromatic rings. The zero-order valence-electron chi connectivity index (χ0n) is 13.2. The third kappa shape index (κ3) is 2.86. The van der Waals surface area contributed by atoms with Crippen LogP contribution in [0, 0.1) is 6.92 Å². The summed E-state index contributed by atoms with van der Waals surface area (Å²) < 4.78 is 5.06. The van der Waals surface area contributed by atoms with Gasteiger partial charge in [-0.05, 0) is 25.5 Å². The van der Waals surface area contributed by atoms with Crippen molar-refractivity contribution in [2.75, 3.05) is 37.7 Å². The normalized spacial score (nSPS) is 18.4. The quantitative estimate of drug-likeness (QED) is 0.833.